The van der Waals surface area contributed by atoms with Crippen LogP contribution in [0.15, 0.2) is 0 Å². The van der Waals surface area contributed by atoms with Crippen molar-refractivity contribution in [1.82, 2.24) is 15.1 Å². The molecule has 0 heterocycles. The van der Waals surface area contributed by atoms with Gasteiger partial charge in [0.15, 0.2) is 0 Å². The Hall–Kier alpha value is -0.610. The van der Waals surface area contributed by atoms with E-state index in [4.69, 9.17) is 0 Å². The molecule has 0 radical (unpaired) electrons. The van der Waals surface area contributed by atoms with Crippen LogP contribution in [0.1, 0.15) is 34.6 Å². The number of hydrogen-bond acceptors (Lipinski definition) is 3. The molecule has 0 rings (SSSR count). The fraction of sp³-hybridized carbons (Fsp3) is 0.923. The van der Waals surface area contributed by atoms with Crippen LogP contribution in [0.3, 0.4) is 0 Å². The molecule has 0 saturated heterocycles. The summed E-state index contributed by atoms with van der Waals surface area (Å²) in [6.07, 6.45) is 0. The van der Waals surface area contributed by atoms with Crippen LogP contribution in [-0.4, -0.2) is 61.0 Å². The van der Waals surface area contributed by atoms with Gasteiger partial charge in [0.1, 0.15) is 0 Å². The average Bonchev–Trinajstić information content (AvgIpc) is 2.35. The summed E-state index contributed by atoms with van der Waals surface area (Å²) < 4.78 is 0. The Balaban J connectivity index is 3.92. The third-order valence-corrected chi connectivity index (χ3v) is 3.22. The second-order valence-corrected chi connectivity index (χ2v) is 4.21. The fourth-order valence-corrected chi connectivity index (χ4v) is 1.88. The molecule has 0 fully saturated rings. The van der Waals surface area contributed by atoms with Gasteiger partial charge in [0.05, 0.1) is 6.04 Å². The normalized spacial score (nSPS) is 12.8. The summed E-state index contributed by atoms with van der Waals surface area (Å²) in [4.78, 5) is 16.2. The van der Waals surface area contributed by atoms with Gasteiger partial charge in [0, 0.05) is 26.2 Å². The molecule has 0 aromatic carbocycles. The van der Waals surface area contributed by atoms with Gasteiger partial charge in [-0.1, -0.05) is 13.8 Å². The third kappa shape index (κ3) is 6.03. The highest BCUT2D eigenvalue weighted by Crippen LogP contribution is 1.94. The number of likely N-dealkylation sites (N-methyl/N-ethyl adjacent to an activating group) is 2. The molecule has 1 unspecified atom stereocenters. The lowest BCUT2D eigenvalue weighted by Gasteiger charge is -2.24. The molecule has 0 saturated carbocycles. The summed E-state index contributed by atoms with van der Waals surface area (Å²) in [5.74, 6) is 0.203. The molecule has 0 aromatic heterocycles. The highest BCUT2D eigenvalue weighted by molar-refractivity contribution is 5.81. The second kappa shape index (κ2) is 9.42. The van der Waals surface area contributed by atoms with E-state index in [1.807, 2.05) is 25.7 Å². The number of nitrogens with zero attached hydrogens (tertiary/aromatic N) is 2. The average molecular weight is 243 g/mol. The molecule has 0 aromatic rings. The minimum absolute atomic E-state index is 0.0783. The zero-order chi connectivity index (χ0) is 13.3. The summed E-state index contributed by atoms with van der Waals surface area (Å²) in [6.45, 7) is 15.9. The zero-order valence-electron chi connectivity index (χ0n) is 12.1. The molecule has 102 valence electrons. The van der Waals surface area contributed by atoms with Crippen LogP contribution >= 0.6 is 0 Å². The molecular weight excluding hydrogens is 214 g/mol. The fourth-order valence-electron chi connectivity index (χ4n) is 1.88. The number of amides is 1. The quantitative estimate of drug-likeness (QED) is 0.660. The van der Waals surface area contributed by atoms with E-state index < -0.39 is 0 Å². The van der Waals surface area contributed by atoms with Crippen molar-refractivity contribution < 1.29 is 4.79 Å². The topological polar surface area (TPSA) is 35.6 Å². The summed E-state index contributed by atoms with van der Waals surface area (Å²) in [7, 11) is 0. The van der Waals surface area contributed by atoms with E-state index in [0.29, 0.717) is 0 Å². The van der Waals surface area contributed by atoms with Crippen LogP contribution in [0.4, 0.5) is 0 Å². The zero-order valence-corrected chi connectivity index (χ0v) is 12.1. The van der Waals surface area contributed by atoms with Crippen molar-refractivity contribution in [2.45, 2.75) is 40.7 Å². The van der Waals surface area contributed by atoms with Gasteiger partial charge in [0.2, 0.25) is 5.91 Å². The van der Waals surface area contributed by atoms with Gasteiger partial charge < -0.3 is 15.1 Å². The monoisotopic (exact) mass is 243 g/mol. The molecule has 0 spiro atoms. The summed E-state index contributed by atoms with van der Waals surface area (Å²) >= 11 is 0. The maximum absolute atomic E-state index is 12.0. The molecule has 4 heteroatoms. The predicted octanol–water partition coefficient (Wildman–Crippen LogP) is 1.17. The lowest BCUT2D eigenvalue weighted by atomic mass is 10.2. The van der Waals surface area contributed by atoms with E-state index in [9.17, 15) is 4.79 Å². The Morgan fingerprint density at radius 2 is 1.59 bits per heavy atom. The Kier molecular flexibility index (Phi) is 9.09. The minimum Gasteiger partial charge on any atom is -0.342 e. The Labute approximate surface area is 106 Å². The standard InChI is InChI=1S/C13H29N3O/c1-6-15(7-2)11-10-14-12(5)13(17)16(8-3)9-4/h12,14H,6-11H2,1-5H3. The van der Waals surface area contributed by atoms with Crippen LogP contribution in [0, 0.1) is 0 Å². The lowest BCUT2D eigenvalue weighted by Crippen LogP contribution is -2.46. The highest BCUT2D eigenvalue weighted by atomic mass is 16.2. The van der Waals surface area contributed by atoms with E-state index in [2.05, 4.69) is 24.1 Å². The smallest absolute Gasteiger partial charge is 0.239 e. The lowest BCUT2D eigenvalue weighted by molar-refractivity contribution is -0.132. The Bertz CT molecular complexity index is 201. The van der Waals surface area contributed by atoms with Gasteiger partial charge in [-0.15, -0.1) is 0 Å². The van der Waals surface area contributed by atoms with Crippen molar-refractivity contribution in [3.05, 3.63) is 0 Å². The molecule has 0 aliphatic carbocycles. The van der Waals surface area contributed by atoms with Gasteiger partial charge in [-0.2, -0.15) is 0 Å². The molecule has 4 nitrogen and oxygen atoms in total. The first-order chi connectivity index (χ1) is 8.10. The van der Waals surface area contributed by atoms with Crippen molar-refractivity contribution in [2.24, 2.45) is 0 Å². The van der Waals surface area contributed by atoms with E-state index in [-0.39, 0.29) is 11.9 Å². The van der Waals surface area contributed by atoms with Crippen LogP contribution in [-0.2, 0) is 4.79 Å². The second-order valence-electron chi connectivity index (χ2n) is 4.21. The molecule has 1 amide bonds. The molecule has 0 bridgehead atoms. The van der Waals surface area contributed by atoms with Gasteiger partial charge >= 0.3 is 0 Å². The summed E-state index contributed by atoms with van der Waals surface area (Å²) in [5.41, 5.74) is 0. The van der Waals surface area contributed by atoms with E-state index in [1.54, 1.807) is 0 Å². The molecule has 17 heavy (non-hydrogen) atoms. The van der Waals surface area contributed by atoms with Crippen LogP contribution in [0.5, 0.6) is 0 Å². The van der Waals surface area contributed by atoms with Crippen molar-refractivity contribution in [2.75, 3.05) is 39.3 Å². The Morgan fingerprint density at radius 3 is 2.00 bits per heavy atom. The summed E-state index contributed by atoms with van der Waals surface area (Å²) in [6, 6.07) is -0.0783. The molecule has 1 N–H and O–H groups in total. The van der Waals surface area contributed by atoms with Crippen molar-refractivity contribution in [1.29, 1.82) is 0 Å². The first-order valence-corrected chi connectivity index (χ1v) is 6.85. The number of rotatable bonds is 9. The highest BCUT2D eigenvalue weighted by Gasteiger charge is 2.17. The SMILES string of the molecule is CCN(CC)CCNC(C)C(=O)N(CC)CC. The van der Waals surface area contributed by atoms with Crippen molar-refractivity contribution in [3.63, 3.8) is 0 Å². The molecule has 0 aliphatic heterocycles. The van der Waals surface area contributed by atoms with Gasteiger partial charge in [-0.25, -0.2) is 0 Å². The molecular formula is C13H29N3O. The maximum Gasteiger partial charge on any atom is 0.239 e. The van der Waals surface area contributed by atoms with Crippen LogP contribution in [0.25, 0.3) is 0 Å². The van der Waals surface area contributed by atoms with Crippen LogP contribution < -0.4 is 5.32 Å². The predicted molar refractivity (Wildman–Crippen MR) is 73.2 cm³/mol. The maximum atomic E-state index is 12.0. The van der Waals surface area contributed by atoms with E-state index in [1.165, 1.54) is 0 Å². The Morgan fingerprint density at radius 1 is 1.06 bits per heavy atom. The minimum atomic E-state index is -0.0783. The molecule has 1 atom stereocenters. The van der Waals surface area contributed by atoms with Crippen molar-refractivity contribution in [3.8, 4) is 0 Å². The first kappa shape index (κ1) is 16.4. The number of nitrogens with one attached hydrogen (secondary N) is 1. The number of carbonyl (C=O) groups excluding carboxylic acids is 1. The molecule has 0 aliphatic rings. The summed E-state index contributed by atoms with van der Waals surface area (Å²) in [5, 5.41) is 3.30. The van der Waals surface area contributed by atoms with Gasteiger partial charge in [-0.05, 0) is 33.9 Å². The van der Waals surface area contributed by atoms with E-state index in [0.717, 1.165) is 39.3 Å². The van der Waals surface area contributed by atoms with Crippen molar-refractivity contribution >= 4 is 5.91 Å². The van der Waals surface area contributed by atoms with Crippen LogP contribution in [0.2, 0.25) is 0 Å². The van der Waals surface area contributed by atoms with Gasteiger partial charge in [0.25, 0.3) is 0 Å². The first-order valence-electron chi connectivity index (χ1n) is 6.85. The van der Waals surface area contributed by atoms with E-state index >= 15 is 0 Å². The van der Waals surface area contributed by atoms with Gasteiger partial charge in [-0.3, -0.25) is 4.79 Å². The third-order valence-electron chi connectivity index (χ3n) is 3.22. The number of hydrogen-bond donors (Lipinski definition) is 1. The largest absolute Gasteiger partial charge is 0.342 e. The number of carbonyl (C=O) groups is 1.